The van der Waals surface area contributed by atoms with Crippen molar-refractivity contribution in [3.8, 4) is 16.3 Å². The van der Waals surface area contributed by atoms with E-state index in [4.69, 9.17) is 32.7 Å². The number of nitrogens with zero attached hydrogens (tertiary/aromatic N) is 4. The molecule has 16 heteroatoms. The van der Waals surface area contributed by atoms with Crippen LogP contribution in [0.25, 0.3) is 10.6 Å². The van der Waals surface area contributed by atoms with Gasteiger partial charge >= 0.3 is 11.9 Å². The lowest BCUT2D eigenvalue weighted by Gasteiger charge is -2.29. The first kappa shape index (κ1) is 34.6. The van der Waals surface area contributed by atoms with Crippen molar-refractivity contribution in [2.75, 3.05) is 10.6 Å². The molecule has 0 spiro atoms. The van der Waals surface area contributed by atoms with Crippen LogP contribution in [-0.2, 0) is 30.5 Å². The first-order chi connectivity index (χ1) is 23.7. The van der Waals surface area contributed by atoms with Gasteiger partial charge in [-0.2, -0.15) is 0 Å². The molecular weight excluding hydrogens is 711 g/mol. The Kier molecular flexibility index (Phi) is 11.3. The quantitative estimate of drug-likeness (QED) is 0.0986. The van der Waals surface area contributed by atoms with Gasteiger partial charge in [0.1, 0.15) is 12.4 Å². The Bertz CT molecular complexity index is 1870. The van der Waals surface area contributed by atoms with Gasteiger partial charge in [0.25, 0.3) is 0 Å². The number of halogens is 2. The van der Waals surface area contributed by atoms with Crippen molar-refractivity contribution < 1.29 is 28.7 Å². The molecule has 1 fully saturated rings. The maximum atomic E-state index is 13.4. The fraction of sp³-hybridized carbons (Fsp3) is 0.333. The summed E-state index contributed by atoms with van der Waals surface area (Å²) in [5, 5.41) is 24.5. The van der Waals surface area contributed by atoms with Gasteiger partial charge in [0.15, 0.2) is 10.0 Å². The number of allylic oxidation sites excluding steroid dienone is 2. The summed E-state index contributed by atoms with van der Waals surface area (Å²) in [5.41, 5.74) is 0.685. The summed E-state index contributed by atoms with van der Waals surface area (Å²) in [5.74, 6) is -5.04. The van der Waals surface area contributed by atoms with Crippen molar-refractivity contribution in [1.29, 1.82) is 0 Å². The van der Waals surface area contributed by atoms with Crippen LogP contribution < -0.4 is 15.4 Å². The summed E-state index contributed by atoms with van der Waals surface area (Å²) < 4.78 is 11.1. The van der Waals surface area contributed by atoms with Gasteiger partial charge in [-0.05, 0) is 56.0 Å². The largest absolute Gasteiger partial charge is 0.486 e. The number of esters is 2. The van der Waals surface area contributed by atoms with Gasteiger partial charge in [-0.25, -0.2) is 0 Å². The van der Waals surface area contributed by atoms with Crippen molar-refractivity contribution >= 4 is 79.9 Å². The molecule has 0 saturated heterocycles. The average molecular weight is 742 g/mol. The molecule has 254 valence electrons. The van der Waals surface area contributed by atoms with Crippen LogP contribution in [0.5, 0.6) is 5.75 Å². The van der Waals surface area contributed by atoms with E-state index < -0.39 is 47.4 Å². The van der Waals surface area contributed by atoms with E-state index in [0.29, 0.717) is 50.6 Å². The number of carbonyl (C=O) groups excluding carboxylic acids is 4. The average Bonchev–Trinajstić information content (AvgIpc) is 3.77. The van der Waals surface area contributed by atoms with Gasteiger partial charge in [0, 0.05) is 10.6 Å². The number of nitrogens with one attached hydrogen (secondary N) is 2. The molecule has 4 atom stereocenters. The highest BCUT2D eigenvalue weighted by Gasteiger charge is 2.41. The van der Waals surface area contributed by atoms with E-state index in [9.17, 15) is 19.2 Å². The number of anilines is 2. The number of ether oxygens (including phenoxy) is 2. The number of hydrogen-bond acceptors (Lipinski definition) is 12. The van der Waals surface area contributed by atoms with Crippen molar-refractivity contribution in [2.45, 2.75) is 45.1 Å². The van der Waals surface area contributed by atoms with Crippen LogP contribution >= 0.6 is 45.9 Å². The molecule has 4 unspecified atom stereocenters. The molecular formula is C33H30Cl2N6O6S2. The van der Waals surface area contributed by atoms with Crippen LogP contribution in [0, 0.1) is 23.7 Å². The van der Waals surface area contributed by atoms with Gasteiger partial charge in [-0.15, -0.1) is 20.4 Å². The van der Waals surface area contributed by atoms with Crippen LogP contribution in [0.2, 0.25) is 10.0 Å². The van der Waals surface area contributed by atoms with E-state index in [2.05, 4.69) is 31.0 Å². The second-order valence-corrected chi connectivity index (χ2v) is 14.4. The molecule has 49 heavy (non-hydrogen) atoms. The van der Waals surface area contributed by atoms with E-state index in [-0.39, 0.29) is 29.7 Å². The Balaban J connectivity index is 1.04. The normalized spacial score (nSPS) is 20.3. The topological polar surface area (TPSA) is 162 Å². The Morgan fingerprint density at radius 3 is 2.12 bits per heavy atom. The lowest BCUT2D eigenvalue weighted by Crippen LogP contribution is -2.40. The zero-order valence-corrected chi connectivity index (χ0v) is 29.0. The highest BCUT2D eigenvalue weighted by molar-refractivity contribution is 7.18. The number of benzene rings is 2. The maximum Gasteiger partial charge on any atom is 0.317 e. The monoisotopic (exact) mass is 740 g/mol. The summed E-state index contributed by atoms with van der Waals surface area (Å²) in [4.78, 5) is 53.4. The number of aromatic nitrogens is 4. The third kappa shape index (κ3) is 8.68. The van der Waals surface area contributed by atoms with Crippen molar-refractivity contribution in [2.24, 2.45) is 23.7 Å². The van der Waals surface area contributed by atoms with Gasteiger partial charge in [-0.1, -0.05) is 89.1 Å². The first-order valence-corrected chi connectivity index (χ1v) is 18.0. The molecule has 2 heterocycles. The van der Waals surface area contributed by atoms with E-state index in [0.717, 1.165) is 29.1 Å². The number of hydrogen-bond donors (Lipinski definition) is 2. The van der Waals surface area contributed by atoms with E-state index in [1.54, 1.807) is 48.5 Å². The molecule has 12 nitrogen and oxygen atoms in total. The van der Waals surface area contributed by atoms with Crippen LogP contribution in [0.1, 0.15) is 43.5 Å². The van der Waals surface area contributed by atoms with E-state index >= 15 is 0 Å². The number of rotatable bonds is 10. The Morgan fingerprint density at radius 2 is 1.37 bits per heavy atom. The summed E-state index contributed by atoms with van der Waals surface area (Å²) >= 11 is 14.5. The molecule has 0 bridgehead atoms. The molecule has 0 aliphatic heterocycles. The number of amides is 2. The maximum absolute atomic E-state index is 13.4. The van der Waals surface area contributed by atoms with Crippen LogP contribution in [0.4, 0.5) is 10.3 Å². The smallest absolute Gasteiger partial charge is 0.317 e. The molecule has 1 saturated carbocycles. The van der Waals surface area contributed by atoms with Gasteiger partial charge in [0.05, 0.1) is 28.7 Å². The van der Waals surface area contributed by atoms with Crippen molar-refractivity contribution in [3.63, 3.8) is 0 Å². The minimum absolute atomic E-state index is 0.148. The summed E-state index contributed by atoms with van der Waals surface area (Å²) in [7, 11) is 0. The Labute approximate surface area is 299 Å². The van der Waals surface area contributed by atoms with Gasteiger partial charge in [0.2, 0.25) is 22.1 Å². The zero-order valence-electron chi connectivity index (χ0n) is 25.8. The molecule has 2 aromatic carbocycles. The standard InChI is InChI=1S/C33H30Cl2N6O6S2/c34-18-13-15-19(16-14-18)46-17-26-38-40-32(48-26)36-27(42)20-7-1-3-9-22(20)30(44)47-31(45)23-10-4-2-8-21(23)28(43)37-33-41-39-29(49-33)24-11-5-6-12-25(24)35/h2,4-6,11-16,20-23H,1,3,7-10,17H2,(H,36,40,42)(H,37,41,43). The van der Waals surface area contributed by atoms with Crippen molar-refractivity contribution in [3.05, 3.63) is 75.7 Å². The molecule has 2 N–H and O–H groups in total. The zero-order chi connectivity index (χ0) is 34.3. The highest BCUT2D eigenvalue weighted by Crippen LogP contribution is 2.35. The van der Waals surface area contributed by atoms with Crippen LogP contribution in [0.15, 0.2) is 60.7 Å². The molecule has 2 aliphatic carbocycles. The third-order valence-electron chi connectivity index (χ3n) is 8.31. The molecule has 2 aromatic heterocycles. The van der Waals surface area contributed by atoms with E-state index in [1.165, 1.54) is 0 Å². The summed E-state index contributed by atoms with van der Waals surface area (Å²) in [6.45, 7) is 0.148. The Morgan fingerprint density at radius 1 is 0.735 bits per heavy atom. The second-order valence-electron chi connectivity index (χ2n) is 11.5. The van der Waals surface area contributed by atoms with Gasteiger partial charge in [-0.3, -0.25) is 19.2 Å². The fourth-order valence-corrected chi connectivity index (χ4v) is 7.64. The molecule has 2 aliphatic rings. The van der Waals surface area contributed by atoms with Crippen LogP contribution in [-0.4, -0.2) is 44.1 Å². The predicted octanol–water partition coefficient (Wildman–Crippen LogP) is 6.98. The first-order valence-electron chi connectivity index (χ1n) is 15.6. The summed E-state index contributed by atoms with van der Waals surface area (Å²) in [6, 6.07) is 14.1. The molecule has 6 rings (SSSR count). The van der Waals surface area contributed by atoms with Crippen molar-refractivity contribution in [1.82, 2.24) is 20.4 Å². The fourth-order valence-electron chi connectivity index (χ4n) is 5.79. The second kappa shape index (κ2) is 16.0. The highest BCUT2D eigenvalue weighted by atomic mass is 35.5. The lowest BCUT2D eigenvalue weighted by atomic mass is 9.78. The molecule has 2 amide bonds. The Hall–Kier alpha value is -4.24. The minimum Gasteiger partial charge on any atom is -0.486 e. The predicted molar refractivity (Wildman–Crippen MR) is 185 cm³/mol. The van der Waals surface area contributed by atoms with Crippen LogP contribution in [0.3, 0.4) is 0 Å². The molecule has 4 aromatic rings. The summed E-state index contributed by atoms with van der Waals surface area (Å²) in [6.07, 6.45) is 6.38. The number of carbonyl (C=O) groups is 4. The van der Waals surface area contributed by atoms with Gasteiger partial charge < -0.3 is 20.1 Å². The minimum atomic E-state index is -0.893. The lowest BCUT2D eigenvalue weighted by molar-refractivity contribution is -0.170. The van der Waals surface area contributed by atoms with E-state index in [1.807, 2.05) is 12.1 Å². The third-order valence-corrected chi connectivity index (χ3v) is 10.6. The SMILES string of the molecule is O=C(Nc1nnc(COc2ccc(Cl)cc2)s1)C1CCCCC1C(=O)OC(=O)C1CC=CCC1C(=O)Nc1nnc(-c2ccccc2Cl)s1. The molecule has 0 radical (unpaired) electrons.